The Morgan fingerprint density at radius 3 is 2.78 bits per heavy atom. The Bertz CT molecular complexity index is 483. The van der Waals surface area contributed by atoms with Crippen LogP contribution in [0.5, 0.6) is 0 Å². The molecule has 4 nitrogen and oxygen atoms in total. The van der Waals surface area contributed by atoms with Gasteiger partial charge in [0, 0.05) is 24.8 Å². The lowest BCUT2D eigenvalue weighted by molar-refractivity contribution is -0.384. The standard InChI is InChI=1S/C13H15NO3S/c1-10-9-13(14(16)17)7-6-12(10)5-3-4-8-18-11(2)15/h3,5-7,9H,4,8H2,1-2H3. The third-order valence-corrected chi connectivity index (χ3v) is 3.20. The molecule has 0 aliphatic heterocycles. The van der Waals surface area contributed by atoms with E-state index in [1.54, 1.807) is 19.1 Å². The van der Waals surface area contributed by atoms with Gasteiger partial charge >= 0.3 is 0 Å². The van der Waals surface area contributed by atoms with Crippen LogP contribution in [-0.2, 0) is 4.79 Å². The number of hydrogen-bond donors (Lipinski definition) is 0. The number of aryl methyl sites for hydroxylation is 1. The lowest BCUT2D eigenvalue weighted by Crippen LogP contribution is -1.90. The van der Waals surface area contributed by atoms with Crippen molar-refractivity contribution in [2.75, 3.05) is 5.75 Å². The zero-order valence-electron chi connectivity index (χ0n) is 10.4. The molecule has 0 heterocycles. The lowest BCUT2D eigenvalue weighted by atomic mass is 10.1. The predicted octanol–water partition coefficient (Wildman–Crippen LogP) is 3.59. The largest absolute Gasteiger partial charge is 0.288 e. The van der Waals surface area contributed by atoms with Crippen molar-refractivity contribution in [1.82, 2.24) is 0 Å². The third kappa shape index (κ3) is 4.71. The van der Waals surface area contributed by atoms with Gasteiger partial charge in [0.25, 0.3) is 5.69 Å². The van der Waals surface area contributed by atoms with E-state index in [9.17, 15) is 14.9 Å². The fourth-order valence-corrected chi connectivity index (χ4v) is 1.98. The number of rotatable bonds is 5. The highest BCUT2D eigenvalue weighted by atomic mass is 32.2. The number of thioether (sulfide) groups is 1. The van der Waals surface area contributed by atoms with Crippen LogP contribution in [0.4, 0.5) is 5.69 Å². The summed E-state index contributed by atoms with van der Waals surface area (Å²) in [5.41, 5.74) is 1.95. The monoisotopic (exact) mass is 265 g/mol. The fourth-order valence-electron chi connectivity index (χ4n) is 1.44. The zero-order valence-corrected chi connectivity index (χ0v) is 11.2. The molecule has 0 atom stereocenters. The van der Waals surface area contributed by atoms with Gasteiger partial charge in [0.2, 0.25) is 0 Å². The third-order valence-electron chi connectivity index (χ3n) is 2.35. The van der Waals surface area contributed by atoms with Gasteiger partial charge in [0.15, 0.2) is 5.12 Å². The van der Waals surface area contributed by atoms with Crippen molar-refractivity contribution in [1.29, 1.82) is 0 Å². The number of hydrogen-bond acceptors (Lipinski definition) is 4. The molecule has 0 saturated heterocycles. The second-order valence-electron chi connectivity index (χ2n) is 3.83. The van der Waals surface area contributed by atoms with Gasteiger partial charge in [-0.3, -0.25) is 14.9 Å². The zero-order chi connectivity index (χ0) is 13.5. The first kappa shape index (κ1) is 14.4. The molecule has 0 aliphatic rings. The topological polar surface area (TPSA) is 60.2 Å². The highest BCUT2D eigenvalue weighted by Crippen LogP contribution is 2.18. The van der Waals surface area contributed by atoms with Gasteiger partial charge in [-0.05, 0) is 30.5 Å². The number of non-ortho nitro benzene ring substituents is 1. The highest BCUT2D eigenvalue weighted by Gasteiger charge is 2.05. The Morgan fingerprint density at radius 2 is 2.22 bits per heavy atom. The maximum atomic E-state index is 10.7. The minimum Gasteiger partial charge on any atom is -0.288 e. The number of nitrogens with zero attached hydrogens (tertiary/aromatic N) is 1. The Labute approximate surface area is 110 Å². The summed E-state index contributed by atoms with van der Waals surface area (Å²) in [6.45, 7) is 3.39. The van der Waals surface area contributed by atoms with Crippen LogP contribution in [0.2, 0.25) is 0 Å². The van der Waals surface area contributed by atoms with E-state index < -0.39 is 4.92 Å². The first-order valence-corrected chi connectivity index (χ1v) is 6.54. The van der Waals surface area contributed by atoms with Crippen molar-refractivity contribution in [2.45, 2.75) is 20.3 Å². The second-order valence-corrected chi connectivity index (χ2v) is 5.10. The number of nitro benzene ring substituents is 1. The smallest absolute Gasteiger partial charge is 0.269 e. The van der Waals surface area contributed by atoms with E-state index in [1.165, 1.54) is 17.8 Å². The summed E-state index contributed by atoms with van der Waals surface area (Å²) < 4.78 is 0. The molecule has 0 aromatic heterocycles. The molecule has 1 rings (SSSR count). The minimum atomic E-state index is -0.399. The van der Waals surface area contributed by atoms with Crippen molar-refractivity contribution in [3.05, 3.63) is 45.5 Å². The summed E-state index contributed by atoms with van der Waals surface area (Å²) in [4.78, 5) is 20.9. The Morgan fingerprint density at radius 1 is 1.50 bits per heavy atom. The molecule has 0 aliphatic carbocycles. The Hall–Kier alpha value is -1.62. The summed E-state index contributed by atoms with van der Waals surface area (Å²) in [7, 11) is 0. The number of carbonyl (C=O) groups excluding carboxylic acids is 1. The van der Waals surface area contributed by atoms with Crippen molar-refractivity contribution in [3.8, 4) is 0 Å². The van der Waals surface area contributed by atoms with Crippen molar-refractivity contribution >= 4 is 28.6 Å². The van der Waals surface area contributed by atoms with Crippen LogP contribution in [0.1, 0.15) is 24.5 Å². The highest BCUT2D eigenvalue weighted by molar-refractivity contribution is 8.13. The Kier molecular flexibility index (Phi) is 5.58. The molecular weight excluding hydrogens is 250 g/mol. The number of nitro groups is 1. The van der Waals surface area contributed by atoms with Gasteiger partial charge in [-0.2, -0.15) is 0 Å². The van der Waals surface area contributed by atoms with E-state index in [0.717, 1.165) is 23.3 Å². The molecule has 0 N–H and O–H groups in total. The van der Waals surface area contributed by atoms with Gasteiger partial charge < -0.3 is 0 Å². The van der Waals surface area contributed by atoms with Gasteiger partial charge in [-0.1, -0.05) is 23.9 Å². The summed E-state index contributed by atoms with van der Waals surface area (Å²) in [6, 6.07) is 4.79. The van der Waals surface area contributed by atoms with Crippen LogP contribution < -0.4 is 0 Å². The molecule has 0 fully saturated rings. The molecule has 0 amide bonds. The van der Waals surface area contributed by atoms with E-state index in [-0.39, 0.29) is 10.8 Å². The van der Waals surface area contributed by atoms with Crippen molar-refractivity contribution in [3.63, 3.8) is 0 Å². The quantitative estimate of drug-likeness (QED) is 0.464. The SMILES string of the molecule is CC(=O)SCCC=Cc1ccc([N+](=O)[O-])cc1C. The van der Waals surface area contributed by atoms with E-state index >= 15 is 0 Å². The van der Waals surface area contributed by atoms with Crippen LogP contribution >= 0.6 is 11.8 Å². The molecule has 1 aromatic rings. The molecule has 0 bridgehead atoms. The number of benzene rings is 1. The Balaban J connectivity index is 2.59. The van der Waals surface area contributed by atoms with Crippen LogP contribution in [0.15, 0.2) is 24.3 Å². The van der Waals surface area contributed by atoms with Gasteiger partial charge in [-0.25, -0.2) is 0 Å². The van der Waals surface area contributed by atoms with Crippen LogP contribution in [0, 0.1) is 17.0 Å². The molecular formula is C13H15NO3S. The van der Waals surface area contributed by atoms with E-state index in [0.29, 0.717) is 0 Å². The first-order valence-electron chi connectivity index (χ1n) is 5.55. The molecule has 5 heteroatoms. The molecule has 0 spiro atoms. The summed E-state index contributed by atoms with van der Waals surface area (Å²) in [6.07, 6.45) is 4.71. The molecule has 0 radical (unpaired) electrons. The van der Waals surface area contributed by atoms with Crippen LogP contribution in [-0.4, -0.2) is 15.8 Å². The number of carbonyl (C=O) groups is 1. The maximum Gasteiger partial charge on any atom is 0.269 e. The molecule has 96 valence electrons. The number of allylic oxidation sites excluding steroid dienone is 1. The molecule has 0 unspecified atom stereocenters. The summed E-state index contributed by atoms with van der Waals surface area (Å²) >= 11 is 1.30. The summed E-state index contributed by atoms with van der Waals surface area (Å²) in [5.74, 6) is 0.762. The van der Waals surface area contributed by atoms with Gasteiger partial charge in [-0.15, -0.1) is 0 Å². The summed E-state index contributed by atoms with van der Waals surface area (Å²) in [5, 5.41) is 10.7. The molecule has 0 saturated carbocycles. The van der Waals surface area contributed by atoms with Gasteiger partial charge in [0.1, 0.15) is 0 Å². The lowest BCUT2D eigenvalue weighted by Gasteiger charge is -2.00. The first-order chi connectivity index (χ1) is 8.50. The fraction of sp³-hybridized carbons (Fsp3) is 0.308. The average Bonchev–Trinajstić information content (AvgIpc) is 2.29. The van der Waals surface area contributed by atoms with Crippen LogP contribution in [0.3, 0.4) is 0 Å². The van der Waals surface area contributed by atoms with Crippen molar-refractivity contribution in [2.24, 2.45) is 0 Å². The minimum absolute atomic E-state index is 0.108. The average molecular weight is 265 g/mol. The van der Waals surface area contributed by atoms with Gasteiger partial charge in [0.05, 0.1) is 4.92 Å². The van der Waals surface area contributed by atoms with E-state index in [4.69, 9.17) is 0 Å². The maximum absolute atomic E-state index is 10.7. The molecule has 18 heavy (non-hydrogen) atoms. The van der Waals surface area contributed by atoms with Crippen molar-refractivity contribution < 1.29 is 9.72 Å². The predicted molar refractivity (Wildman–Crippen MR) is 74.6 cm³/mol. The normalized spacial score (nSPS) is 10.8. The molecule has 1 aromatic carbocycles. The van der Waals surface area contributed by atoms with E-state index in [2.05, 4.69) is 0 Å². The second kappa shape index (κ2) is 6.96. The van der Waals surface area contributed by atoms with E-state index in [1.807, 2.05) is 19.1 Å². The van der Waals surface area contributed by atoms with Crippen LogP contribution in [0.25, 0.3) is 6.08 Å².